The zero-order valence-corrected chi connectivity index (χ0v) is 15.1. The van der Waals surface area contributed by atoms with Crippen molar-refractivity contribution < 1.29 is 33.1 Å². The fourth-order valence-corrected chi connectivity index (χ4v) is 2.13. The van der Waals surface area contributed by atoms with Crippen molar-refractivity contribution in [1.29, 1.82) is 0 Å². The van der Waals surface area contributed by atoms with Crippen molar-refractivity contribution in [3.63, 3.8) is 0 Å². The van der Waals surface area contributed by atoms with E-state index >= 15 is 0 Å². The number of hydrogen-bond acceptors (Lipinski definition) is 7. The maximum absolute atomic E-state index is 12.8. The van der Waals surface area contributed by atoms with E-state index in [-0.39, 0.29) is 22.4 Å². The van der Waals surface area contributed by atoms with Gasteiger partial charge in [0.2, 0.25) is 0 Å². The zero-order valence-electron chi connectivity index (χ0n) is 14.3. The Kier molecular flexibility index (Phi) is 6.62. The molecule has 2 aromatic rings. The van der Waals surface area contributed by atoms with Crippen LogP contribution in [0.4, 0.5) is 18.9 Å². The first-order chi connectivity index (χ1) is 13.1. The minimum atomic E-state index is -4.66. The van der Waals surface area contributed by atoms with Crippen LogP contribution in [0.5, 0.6) is 17.2 Å². The van der Waals surface area contributed by atoms with E-state index in [4.69, 9.17) is 15.2 Å². The molecule has 0 aliphatic rings. The highest BCUT2D eigenvalue weighted by molar-refractivity contribution is 7.80. The molecule has 0 saturated heterocycles. The number of hydrazone groups is 1. The van der Waals surface area contributed by atoms with Crippen molar-refractivity contribution in [3.05, 3.63) is 47.5 Å². The predicted molar refractivity (Wildman–Crippen MR) is 98.1 cm³/mol. The number of hydrogen-bond donors (Lipinski definition) is 4. The van der Waals surface area contributed by atoms with E-state index < -0.39 is 22.7 Å². The number of halogens is 3. The van der Waals surface area contributed by atoms with Gasteiger partial charge in [0.25, 0.3) is 0 Å². The van der Waals surface area contributed by atoms with Crippen LogP contribution >= 0.6 is 12.2 Å². The molecule has 150 valence electrons. The Hall–Kier alpha value is -3.09. The third kappa shape index (κ3) is 5.45. The van der Waals surface area contributed by atoms with Gasteiger partial charge in [0, 0.05) is 0 Å². The highest BCUT2D eigenvalue weighted by Gasteiger charge is 2.32. The molecule has 0 aliphatic heterocycles. The van der Waals surface area contributed by atoms with Gasteiger partial charge in [-0.05, 0) is 54.2 Å². The maximum Gasteiger partial charge on any atom is 0.416 e. The van der Waals surface area contributed by atoms with Crippen molar-refractivity contribution in [2.75, 3.05) is 12.3 Å². The Bertz CT molecular complexity index is 891. The molecule has 5 N–H and O–H groups in total. The van der Waals surface area contributed by atoms with Gasteiger partial charge in [0.05, 0.1) is 18.9 Å². The summed E-state index contributed by atoms with van der Waals surface area (Å²) in [6.45, 7) is 0. The van der Waals surface area contributed by atoms with Gasteiger partial charge < -0.3 is 15.2 Å². The standard InChI is InChI=1S/C16H15F3N4O4S/c1-26-14-6-9(8-21-22-15(20)28)2-4-13(14)27-12-5-3-10(16(17,18)19)7-11(12)23(24)25/h2-8,24-25H,1H3,(H3,20,22,28). The number of anilines is 1. The summed E-state index contributed by atoms with van der Waals surface area (Å²) in [6.07, 6.45) is -3.26. The minimum Gasteiger partial charge on any atom is -0.493 e. The lowest BCUT2D eigenvalue weighted by Crippen LogP contribution is -2.23. The molecule has 12 heteroatoms. The second-order valence-corrected chi connectivity index (χ2v) is 5.66. The third-order valence-electron chi connectivity index (χ3n) is 3.30. The van der Waals surface area contributed by atoms with E-state index in [1.807, 2.05) is 0 Å². The normalized spacial score (nSPS) is 11.4. The summed E-state index contributed by atoms with van der Waals surface area (Å²) in [5.74, 6) is 0.0882. The van der Waals surface area contributed by atoms with Crippen LogP contribution in [0.3, 0.4) is 0 Å². The molecule has 0 fully saturated rings. The first-order valence-corrected chi connectivity index (χ1v) is 7.86. The molecule has 0 bridgehead atoms. The number of ether oxygens (including phenoxy) is 2. The van der Waals surface area contributed by atoms with Gasteiger partial charge in [0.1, 0.15) is 5.69 Å². The molecule has 8 nitrogen and oxygen atoms in total. The van der Waals surface area contributed by atoms with Crippen LogP contribution < -0.4 is 25.9 Å². The SMILES string of the molecule is COc1cc(C=NNC(N)=S)ccc1Oc1ccc(C(F)(F)F)cc1N(O)O. The minimum absolute atomic E-state index is 0.0180. The van der Waals surface area contributed by atoms with Crippen LogP contribution in [-0.2, 0) is 6.18 Å². The van der Waals surface area contributed by atoms with Crippen molar-refractivity contribution in [3.8, 4) is 17.2 Å². The smallest absolute Gasteiger partial charge is 0.416 e. The van der Waals surface area contributed by atoms with Crippen LogP contribution in [0.2, 0.25) is 0 Å². The van der Waals surface area contributed by atoms with Crippen LogP contribution in [-0.4, -0.2) is 28.9 Å². The summed E-state index contributed by atoms with van der Waals surface area (Å²) >= 11 is 4.61. The Morgan fingerprint density at radius 1 is 1.18 bits per heavy atom. The van der Waals surface area contributed by atoms with Crippen molar-refractivity contribution in [2.24, 2.45) is 10.8 Å². The van der Waals surface area contributed by atoms with Gasteiger partial charge in [0.15, 0.2) is 22.4 Å². The number of methoxy groups -OCH3 is 1. The van der Waals surface area contributed by atoms with E-state index in [0.717, 1.165) is 12.1 Å². The van der Waals surface area contributed by atoms with E-state index in [1.165, 1.54) is 25.5 Å². The summed E-state index contributed by atoms with van der Waals surface area (Å²) in [4.78, 5) is 0. The molecule has 0 saturated carbocycles. The zero-order chi connectivity index (χ0) is 20.9. The van der Waals surface area contributed by atoms with E-state index in [2.05, 4.69) is 22.7 Å². The van der Waals surface area contributed by atoms with Gasteiger partial charge >= 0.3 is 6.18 Å². The number of thiocarbonyl (C=S) groups is 1. The van der Waals surface area contributed by atoms with Crippen molar-refractivity contribution >= 4 is 29.2 Å². The molecule has 0 aromatic heterocycles. The molecule has 0 aliphatic carbocycles. The summed E-state index contributed by atoms with van der Waals surface area (Å²) < 4.78 is 49.2. The Balaban J connectivity index is 2.34. The monoisotopic (exact) mass is 416 g/mol. The lowest BCUT2D eigenvalue weighted by atomic mass is 10.1. The number of rotatable bonds is 6. The topological polar surface area (TPSA) is 113 Å². The summed E-state index contributed by atoms with van der Waals surface area (Å²) in [5, 5.41) is 21.8. The quantitative estimate of drug-likeness (QED) is 0.323. The third-order valence-corrected chi connectivity index (χ3v) is 3.39. The Morgan fingerprint density at radius 3 is 2.43 bits per heavy atom. The number of benzene rings is 2. The van der Waals surface area contributed by atoms with Crippen LogP contribution in [0.1, 0.15) is 11.1 Å². The highest BCUT2D eigenvalue weighted by atomic mass is 32.1. The fourth-order valence-electron chi connectivity index (χ4n) is 2.07. The molecule has 2 aromatic carbocycles. The van der Waals surface area contributed by atoms with E-state index in [1.54, 1.807) is 6.07 Å². The summed E-state index contributed by atoms with van der Waals surface area (Å²) in [5.41, 5.74) is 6.51. The molecule has 0 radical (unpaired) electrons. The summed E-state index contributed by atoms with van der Waals surface area (Å²) in [6, 6.07) is 6.79. The molecule has 0 heterocycles. The van der Waals surface area contributed by atoms with Gasteiger partial charge in [-0.15, -0.1) is 5.23 Å². The second-order valence-electron chi connectivity index (χ2n) is 5.22. The largest absolute Gasteiger partial charge is 0.493 e. The average molecular weight is 416 g/mol. The van der Waals surface area contributed by atoms with E-state index in [9.17, 15) is 23.6 Å². The average Bonchev–Trinajstić information content (AvgIpc) is 2.61. The van der Waals surface area contributed by atoms with E-state index in [0.29, 0.717) is 11.6 Å². The summed E-state index contributed by atoms with van der Waals surface area (Å²) in [7, 11) is 1.36. The number of nitrogens with two attached hydrogens (primary N) is 1. The second kappa shape index (κ2) is 8.73. The van der Waals surface area contributed by atoms with Gasteiger partial charge in [-0.2, -0.15) is 18.3 Å². The number of alkyl halides is 3. The number of nitrogens with one attached hydrogen (secondary N) is 1. The van der Waals surface area contributed by atoms with Crippen LogP contribution in [0, 0.1) is 0 Å². The van der Waals surface area contributed by atoms with Crippen LogP contribution in [0.15, 0.2) is 41.5 Å². The molecule has 2 rings (SSSR count). The maximum atomic E-state index is 12.8. The molecule has 0 spiro atoms. The van der Waals surface area contributed by atoms with Gasteiger partial charge in [-0.25, -0.2) is 0 Å². The lowest BCUT2D eigenvalue weighted by Gasteiger charge is -2.18. The van der Waals surface area contributed by atoms with Crippen molar-refractivity contribution in [2.45, 2.75) is 6.18 Å². The molecule has 28 heavy (non-hydrogen) atoms. The highest BCUT2D eigenvalue weighted by Crippen LogP contribution is 2.40. The van der Waals surface area contributed by atoms with Crippen LogP contribution in [0.25, 0.3) is 0 Å². The van der Waals surface area contributed by atoms with Gasteiger partial charge in [-0.1, -0.05) is 0 Å². The first kappa shape index (κ1) is 21.2. The Morgan fingerprint density at radius 2 is 1.86 bits per heavy atom. The molecular weight excluding hydrogens is 401 g/mol. The first-order valence-electron chi connectivity index (χ1n) is 7.45. The fraction of sp³-hybridized carbons (Fsp3) is 0.125. The van der Waals surface area contributed by atoms with Crippen molar-refractivity contribution in [1.82, 2.24) is 5.43 Å². The lowest BCUT2D eigenvalue weighted by molar-refractivity contribution is -0.137. The Labute approximate surface area is 162 Å². The number of nitrogens with zero attached hydrogens (tertiary/aromatic N) is 2. The predicted octanol–water partition coefficient (Wildman–Crippen LogP) is 3.26. The molecule has 0 atom stereocenters. The molecule has 0 unspecified atom stereocenters. The molecular formula is C16H15F3N4O4S. The molecule has 0 amide bonds. The van der Waals surface area contributed by atoms with Gasteiger partial charge in [-0.3, -0.25) is 15.8 Å².